The summed E-state index contributed by atoms with van der Waals surface area (Å²) in [5.41, 5.74) is 2.79. The Morgan fingerprint density at radius 2 is 1.82 bits per heavy atom. The van der Waals surface area contributed by atoms with Gasteiger partial charge in [0.05, 0.1) is 11.1 Å². The number of aromatic amines is 1. The number of fused-ring (bicyclic) bond motifs is 3. The molecule has 0 aliphatic heterocycles. The van der Waals surface area contributed by atoms with Crippen LogP contribution in [0.2, 0.25) is 0 Å². The predicted molar refractivity (Wildman–Crippen MR) is 133 cm³/mol. The first-order valence-electron chi connectivity index (χ1n) is 11.1. The highest BCUT2D eigenvalue weighted by molar-refractivity contribution is 7.98. The van der Waals surface area contributed by atoms with Crippen LogP contribution in [0.25, 0.3) is 27.3 Å². The van der Waals surface area contributed by atoms with Crippen LogP contribution in [0.15, 0.2) is 64.5 Å². The molecular formula is C25H20FN5OS2. The molecule has 3 heterocycles. The Hall–Kier alpha value is -3.30. The number of aromatic nitrogens is 5. The van der Waals surface area contributed by atoms with Crippen LogP contribution in [0.3, 0.4) is 0 Å². The summed E-state index contributed by atoms with van der Waals surface area (Å²) >= 11 is 3.10. The van der Waals surface area contributed by atoms with E-state index in [0.717, 1.165) is 40.7 Å². The Kier molecular flexibility index (Phi) is 5.50. The molecule has 0 atom stereocenters. The number of aryl methyl sites for hydroxylation is 2. The zero-order chi connectivity index (χ0) is 23.1. The number of hydrogen-bond acceptors (Lipinski definition) is 6. The third kappa shape index (κ3) is 3.84. The molecule has 1 aliphatic carbocycles. The molecule has 2 aromatic carbocycles. The number of nitrogens with one attached hydrogen (secondary N) is 1. The molecular weight excluding hydrogens is 469 g/mol. The van der Waals surface area contributed by atoms with E-state index >= 15 is 0 Å². The number of benzene rings is 2. The molecule has 0 spiro atoms. The number of thioether (sulfide) groups is 1. The summed E-state index contributed by atoms with van der Waals surface area (Å²) in [6.07, 6.45) is 4.29. The summed E-state index contributed by atoms with van der Waals surface area (Å²) in [5.74, 6) is 1.38. The van der Waals surface area contributed by atoms with Crippen molar-refractivity contribution in [3.05, 3.63) is 87.0 Å². The van der Waals surface area contributed by atoms with Crippen molar-refractivity contribution in [2.45, 2.75) is 36.6 Å². The summed E-state index contributed by atoms with van der Waals surface area (Å²) in [7, 11) is 0. The fraction of sp³-hybridized carbons (Fsp3) is 0.200. The SMILES string of the molecule is O=c1[nH]c(CSc2nnc(-c3ccc(F)cc3)n2-c2ccccc2)nc2sc3c(c12)CCCC3. The maximum atomic E-state index is 13.5. The molecule has 170 valence electrons. The molecule has 34 heavy (non-hydrogen) atoms. The largest absolute Gasteiger partial charge is 0.309 e. The smallest absolute Gasteiger partial charge is 0.259 e. The standard InChI is InChI=1S/C25H20FN5OS2/c26-16-12-10-15(11-13-16)22-29-30-25(31(22)17-6-2-1-3-7-17)33-14-20-27-23(32)21-18-8-4-5-9-19(18)34-24(21)28-20/h1-3,6-7,10-13H,4-5,8-9,14H2,(H,27,28,32). The first-order valence-corrected chi connectivity index (χ1v) is 12.9. The zero-order valence-electron chi connectivity index (χ0n) is 18.1. The van der Waals surface area contributed by atoms with Gasteiger partial charge >= 0.3 is 0 Å². The highest BCUT2D eigenvalue weighted by atomic mass is 32.2. The van der Waals surface area contributed by atoms with E-state index in [-0.39, 0.29) is 11.4 Å². The van der Waals surface area contributed by atoms with E-state index in [1.165, 1.54) is 40.8 Å². The van der Waals surface area contributed by atoms with Gasteiger partial charge in [0.15, 0.2) is 11.0 Å². The maximum Gasteiger partial charge on any atom is 0.259 e. The van der Waals surface area contributed by atoms with Gasteiger partial charge < -0.3 is 4.98 Å². The molecule has 0 saturated carbocycles. The topological polar surface area (TPSA) is 76.5 Å². The van der Waals surface area contributed by atoms with E-state index in [1.807, 2.05) is 34.9 Å². The maximum absolute atomic E-state index is 13.5. The molecule has 9 heteroatoms. The van der Waals surface area contributed by atoms with E-state index in [4.69, 9.17) is 4.98 Å². The quantitative estimate of drug-likeness (QED) is 0.328. The fourth-order valence-corrected chi connectivity index (χ4v) is 6.47. The van der Waals surface area contributed by atoms with Crippen LogP contribution in [0.1, 0.15) is 29.1 Å². The van der Waals surface area contributed by atoms with Crippen molar-refractivity contribution in [2.75, 3.05) is 0 Å². The van der Waals surface area contributed by atoms with E-state index in [1.54, 1.807) is 23.5 Å². The molecule has 0 radical (unpaired) electrons. The summed E-state index contributed by atoms with van der Waals surface area (Å²) in [4.78, 5) is 22.8. The van der Waals surface area contributed by atoms with Gasteiger partial charge in [0.25, 0.3) is 5.56 Å². The molecule has 3 aromatic heterocycles. The molecule has 6 rings (SSSR count). The average molecular weight is 490 g/mol. The van der Waals surface area contributed by atoms with Gasteiger partial charge in [-0.1, -0.05) is 30.0 Å². The minimum Gasteiger partial charge on any atom is -0.309 e. The Bertz CT molecular complexity index is 1540. The lowest BCUT2D eigenvalue weighted by Gasteiger charge is -2.10. The molecule has 6 nitrogen and oxygen atoms in total. The molecule has 1 aliphatic rings. The highest BCUT2D eigenvalue weighted by Crippen LogP contribution is 2.34. The van der Waals surface area contributed by atoms with Crippen LogP contribution in [-0.4, -0.2) is 24.7 Å². The summed E-state index contributed by atoms with van der Waals surface area (Å²) in [6.45, 7) is 0. The van der Waals surface area contributed by atoms with E-state index in [9.17, 15) is 9.18 Å². The van der Waals surface area contributed by atoms with Crippen molar-refractivity contribution in [3.8, 4) is 17.1 Å². The van der Waals surface area contributed by atoms with Gasteiger partial charge in [0.1, 0.15) is 16.5 Å². The monoisotopic (exact) mass is 489 g/mol. The fourth-order valence-electron chi connectivity index (χ4n) is 4.37. The summed E-state index contributed by atoms with van der Waals surface area (Å²) in [6, 6.07) is 16.0. The minimum atomic E-state index is -0.301. The van der Waals surface area contributed by atoms with Gasteiger partial charge in [-0.25, -0.2) is 9.37 Å². The van der Waals surface area contributed by atoms with Crippen molar-refractivity contribution in [1.82, 2.24) is 24.7 Å². The van der Waals surface area contributed by atoms with Crippen molar-refractivity contribution in [3.63, 3.8) is 0 Å². The molecule has 0 fully saturated rings. The van der Waals surface area contributed by atoms with Crippen molar-refractivity contribution < 1.29 is 4.39 Å². The van der Waals surface area contributed by atoms with Crippen molar-refractivity contribution >= 4 is 33.3 Å². The lowest BCUT2D eigenvalue weighted by atomic mass is 9.97. The van der Waals surface area contributed by atoms with Crippen LogP contribution in [0.5, 0.6) is 0 Å². The number of H-pyrrole nitrogens is 1. The number of rotatable bonds is 5. The third-order valence-corrected chi connectivity index (χ3v) is 8.09. The minimum absolute atomic E-state index is 0.0588. The second kappa shape index (κ2) is 8.81. The molecule has 5 aromatic rings. The van der Waals surface area contributed by atoms with Gasteiger partial charge in [-0.2, -0.15) is 0 Å². The Morgan fingerprint density at radius 1 is 1.03 bits per heavy atom. The second-order valence-corrected chi connectivity index (χ2v) is 10.2. The number of hydrogen-bond donors (Lipinski definition) is 1. The van der Waals surface area contributed by atoms with Crippen molar-refractivity contribution in [2.24, 2.45) is 0 Å². The van der Waals surface area contributed by atoms with Crippen LogP contribution in [0, 0.1) is 5.82 Å². The zero-order valence-corrected chi connectivity index (χ0v) is 19.8. The lowest BCUT2D eigenvalue weighted by Crippen LogP contribution is -2.12. The number of nitrogens with zero attached hydrogens (tertiary/aromatic N) is 4. The normalized spacial score (nSPS) is 13.3. The first kappa shape index (κ1) is 21.2. The van der Waals surface area contributed by atoms with Crippen LogP contribution in [0.4, 0.5) is 4.39 Å². The lowest BCUT2D eigenvalue weighted by molar-refractivity contribution is 0.628. The molecule has 0 bridgehead atoms. The highest BCUT2D eigenvalue weighted by Gasteiger charge is 2.21. The average Bonchev–Trinajstić information content (AvgIpc) is 3.45. The number of halogens is 1. The van der Waals surface area contributed by atoms with Gasteiger partial charge in [0, 0.05) is 16.1 Å². The van der Waals surface area contributed by atoms with Crippen LogP contribution < -0.4 is 5.56 Å². The molecule has 0 unspecified atom stereocenters. The van der Waals surface area contributed by atoms with E-state index in [2.05, 4.69) is 15.2 Å². The van der Waals surface area contributed by atoms with Gasteiger partial charge in [-0.05, 0) is 67.6 Å². The van der Waals surface area contributed by atoms with E-state index in [0.29, 0.717) is 22.6 Å². The Labute approximate surface area is 202 Å². The first-order chi connectivity index (χ1) is 16.7. The van der Waals surface area contributed by atoms with Gasteiger partial charge in [-0.15, -0.1) is 21.5 Å². The molecule has 0 saturated heterocycles. The molecule has 0 amide bonds. The van der Waals surface area contributed by atoms with Crippen LogP contribution in [-0.2, 0) is 18.6 Å². The van der Waals surface area contributed by atoms with Crippen molar-refractivity contribution in [1.29, 1.82) is 0 Å². The summed E-state index contributed by atoms with van der Waals surface area (Å²) < 4.78 is 15.4. The van der Waals surface area contributed by atoms with Gasteiger partial charge in [-0.3, -0.25) is 9.36 Å². The number of para-hydroxylation sites is 1. The Balaban J connectivity index is 1.35. The van der Waals surface area contributed by atoms with Gasteiger partial charge in [0.2, 0.25) is 0 Å². The Morgan fingerprint density at radius 3 is 2.65 bits per heavy atom. The number of thiophene rings is 1. The predicted octanol–water partition coefficient (Wildman–Crippen LogP) is 5.54. The second-order valence-electron chi connectivity index (χ2n) is 8.18. The van der Waals surface area contributed by atoms with E-state index < -0.39 is 0 Å². The third-order valence-electron chi connectivity index (χ3n) is 5.96. The van der Waals surface area contributed by atoms with Crippen LogP contribution >= 0.6 is 23.1 Å². The summed E-state index contributed by atoms with van der Waals surface area (Å²) in [5, 5.41) is 10.2. The molecule has 1 N–H and O–H groups in total.